The SMILES string of the molecule is COC(=O)CC(C)(CO)c1cccc(F)c1. The number of aliphatic hydroxyl groups excluding tert-OH is 1. The van der Waals surface area contributed by atoms with Crippen molar-refractivity contribution in [1.82, 2.24) is 0 Å². The molecule has 0 amide bonds. The Morgan fingerprint density at radius 1 is 1.56 bits per heavy atom. The number of hydrogen-bond acceptors (Lipinski definition) is 3. The molecule has 0 saturated carbocycles. The van der Waals surface area contributed by atoms with Crippen LogP contribution in [0.25, 0.3) is 0 Å². The first-order valence-corrected chi connectivity index (χ1v) is 4.95. The Balaban J connectivity index is 2.99. The molecule has 3 nitrogen and oxygen atoms in total. The molecule has 0 heterocycles. The number of methoxy groups -OCH3 is 1. The number of esters is 1. The van der Waals surface area contributed by atoms with E-state index in [1.807, 2.05) is 0 Å². The summed E-state index contributed by atoms with van der Waals surface area (Å²) >= 11 is 0. The molecule has 1 aromatic rings. The van der Waals surface area contributed by atoms with Crippen molar-refractivity contribution in [3.05, 3.63) is 35.6 Å². The van der Waals surface area contributed by atoms with Crippen LogP contribution in [0.1, 0.15) is 18.9 Å². The standard InChI is InChI=1S/C12H15FO3/c1-12(8-14,7-11(15)16-2)9-4-3-5-10(13)6-9/h3-6,14H,7-8H2,1-2H3. The molecule has 1 aromatic carbocycles. The van der Waals surface area contributed by atoms with Gasteiger partial charge in [-0.3, -0.25) is 4.79 Å². The van der Waals surface area contributed by atoms with E-state index in [2.05, 4.69) is 4.74 Å². The molecule has 4 heteroatoms. The highest BCUT2D eigenvalue weighted by Crippen LogP contribution is 2.27. The molecule has 0 radical (unpaired) electrons. The van der Waals surface area contributed by atoms with E-state index in [1.54, 1.807) is 19.1 Å². The minimum absolute atomic E-state index is 0.0173. The van der Waals surface area contributed by atoms with Crippen LogP contribution in [0.4, 0.5) is 4.39 Å². The van der Waals surface area contributed by atoms with Crippen LogP contribution in [-0.4, -0.2) is 24.8 Å². The molecule has 1 unspecified atom stereocenters. The van der Waals surface area contributed by atoms with Crippen molar-refractivity contribution in [1.29, 1.82) is 0 Å². The lowest BCUT2D eigenvalue weighted by molar-refractivity contribution is -0.142. The maximum absolute atomic E-state index is 13.1. The van der Waals surface area contributed by atoms with Gasteiger partial charge in [-0.1, -0.05) is 19.1 Å². The molecule has 88 valence electrons. The van der Waals surface area contributed by atoms with Gasteiger partial charge in [0.2, 0.25) is 0 Å². The third-order valence-corrected chi connectivity index (χ3v) is 2.63. The van der Waals surface area contributed by atoms with Crippen molar-refractivity contribution < 1.29 is 19.0 Å². The molecule has 0 aliphatic rings. The average Bonchev–Trinajstić information content (AvgIpc) is 2.28. The monoisotopic (exact) mass is 226 g/mol. The average molecular weight is 226 g/mol. The maximum Gasteiger partial charge on any atom is 0.306 e. The predicted molar refractivity (Wildman–Crippen MR) is 57.5 cm³/mol. The van der Waals surface area contributed by atoms with E-state index in [4.69, 9.17) is 0 Å². The van der Waals surface area contributed by atoms with Gasteiger partial charge in [-0.05, 0) is 17.7 Å². The fourth-order valence-electron chi connectivity index (χ4n) is 1.50. The number of aliphatic hydroxyl groups is 1. The first-order chi connectivity index (χ1) is 7.51. The van der Waals surface area contributed by atoms with E-state index in [0.29, 0.717) is 5.56 Å². The van der Waals surface area contributed by atoms with Crippen LogP contribution < -0.4 is 0 Å². The molecule has 0 bridgehead atoms. The second kappa shape index (κ2) is 5.07. The Bertz CT molecular complexity index is 378. The van der Waals surface area contributed by atoms with Crippen LogP contribution in [0.3, 0.4) is 0 Å². The molecule has 16 heavy (non-hydrogen) atoms. The number of benzene rings is 1. The summed E-state index contributed by atoms with van der Waals surface area (Å²) in [6.07, 6.45) is 0.0173. The lowest BCUT2D eigenvalue weighted by Crippen LogP contribution is -2.30. The third-order valence-electron chi connectivity index (χ3n) is 2.63. The van der Waals surface area contributed by atoms with E-state index in [9.17, 15) is 14.3 Å². The molecular weight excluding hydrogens is 211 g/mol. The highest BCUT2D eigenvalue weighted by molar-refractivity contribution is 5.71. The largest absolute Gasteiger partial charge is 0.469 e. The summed E-state index contributed by atoms with van der Waals surface area (Å²) in [4.78, 5) is 11.2. The van der Waals surface area contributed by atoms with E-state index >= 15 is 0 Å². The van der Waals surface area contributed by atoms with Crippen molar-refractivity contribution in [2.45, 2.75) is 18.8 Å². The summed E-state index contributed by atoms with van der Waals surface area (Å²) in [5.41, 5.74) is -0.227. The second-order valence-electron chi connectivity index (χ2n) is 3.98. The zero-order valence-electron chi connectivity index (χ0n) is 9.37. The van der Waals surface area contributed by atoms with Crippen LogP contribution in [0.5, 0.6) is 0 Å². The third kappa shape index (κ3) is 2.79. The normalized spacial score (nSPS) is 14.2. The van der Waals surface area contributed by atoms with Crippen LogP contribution in [0.15, 0.2) is 24.3 Å². The van der Waals surface area contributed by atoms with Gasteiger partial charge >= 0.3 is 5.97 Å². The van der Waals surface area contributed by atoms with Crippen LogP contribution in [0.2, 0.25) is 0 Å². The zero-order chi connectivity index (χ0) is 12.2. The molecule has 0 saturated heterocycles. The first kappa shape index (κ1) is 12.6. The van der Waals surface area contributed by atoms with Crippen molar-refractivity contribution in [2.24, 2.45) is 0 Å². The number of carbonyl (C=O) groups excluding carboxylic acids is 1. The van der Waals surface area contributed by atoms with Gasteiger partial charge in [0, 0.05) is 5.41 Å². The molecule has 0 fully saturated rings. The summed E-state index contributed by atoms with van der Waals surface area (Å²) in [7, 11) is 1.28. The molecule has 0 aliphatic carbocycles. The molecule has 1 rings (SSSR count). The van der Waals surface area contributed by atoms with Crippen molar-refractivity contribution in [3.63, 3.8) is 0 Å². The summed E-state index contributed by atoms with van der Waals surface area (Å²) < 4.78 is 17.6. The fraction of sp³-hybridized carbons (Fsp3) is 0.417. The van der Waals surface area contributed by atoms with E-state index < -0.39 is 11.4 Å². The van der Waals surface area contributed by atoms with Crippen LogP contribution in [-0.2, 0) is 14.9 Å². The second-order valence-corrected chi connectivity index (χ2v) is 3.98. The molecule has 1 atom stereocenters. The van der Waals surface area contributed by atoms with E-state index in [-0.39, 0.29) is 18.8 Å². The number of rotatable bonds is 4. The van der Waals surface area contributed by atoms with E-state index in [0.717, 1.165) is 0 Å². The Hall–Kier alpha value is -1.42. The lowest BCUT2D eigenvalue weighted by Gasteiger charge is -2.26. The smallest absolute Gasteiger partial charge is 0.306 e. The quantitative estimate of drug-likeness (QED) is 0.794. The van der Waals surface area contributed by atoms with Crippen LogP contribution >= 0.6 is 0 Å². The summed E-state index contributed by atoms with van der Waals surface area (Å²) in [5.74, 6) is -0.817. The minimum Gasteiger partial charge on any atom is -0.469 e. The Morgan fingerprint density at radius 3 is 2.75 bits per heavy atom. The van der Waals surface area contributed by atoms with Gasteiger partial charge in [-0.25, -0.2) is 4.39 Å². The Morgan fingerprint density at radius 2 is 2.25 bits per heavy atom. The van der Waals surface area contributed by atoms with Gasteiger partial charge < -0.3 is 9.84 Å². The van der Waals surface area contributed by atoms with Gasteiger partial charge in [0.05, 0.1) is 20.1 Å². The fourth-order valence-corrected chi connectivity index (χ4v) is 1.50. The first-order valence-electron chi connectivity index (χ1n) is 4.95. The predicted octanol–water partition coefficient (Wildman–Crippen LogP) is 1.64. The van der Waals surface area contributed by atoms with Gasteiger partial charge in [-0.15, -0.1) is 0 Å². The van der Waals surface area contributed by atoms with Gasteiger partial charge in [0.25, 0.3) is 0 Å². The van der Waals surface area contributed by atoms with Crippen LogP contribution in [0, 0.1) is 5.82 Å². The molecule has 0 spiro atoms. The maximum atomic E-state index is 13.1. The Labute approximate surface area is 93.9 Å². The molecule has 0 aliphatic heterocycles. The van der Waals surface area contributed by atoms with Gasteiger partial charge in [0.15, 0.2) is 0 Å². The number of carbonyl (C=O) groups is 1. The molecule has 0 aromatic heterocycles. The molecular formula is C12H15FO3. The van der Waals surface area contributed by atoms with Crippen molar-refractivity contribution >= 4 is 5.97 Å². The molecule has 1 N–H and O–H groups in total. The number of halogens is 1. The highest BCUT2D eigenvalue weighted by Gasteiger charge is 2.29. The Kier molecular flexibility index (Phi) is 4.01. The van der Waals surface area contributed by atoms with Gasteiger partial charge in [-0.2, -0.15) is 0 Å². The summed E-state index contributed by atoms with van der Waals surface area (Å²) in [6.45, 7) is 1.45. The number of hydrogen-bond donors (Lipinski definition) is 1. The topological polar surface area (TPSA) is 46.5 Å². The zero-order valence-corrected chi connectivity index (χ0v) is 9.37. The lowest BCUT2D eigenvalue weighted by atomic mass is 9.80. The van der Waals surface area contributed by atoms with Gasteiger partial charge in [0.1, 0.15) is 5.82 Å². The van der Waals surface area contributed by atoms with Crippen molar-refractivity contribution in [3.8, 4) is 0 Å². The highest BCUT2D eigenvalue weighted by atomic mass is 19.1. The number of ether oxygens (including phenoxy) is 1. The van der Waals surface area contributed by atoms with Crippen molar-refractivity contribution in [2.75, 3.05) is 13.7 Å². The summed E-state index contributed by atoms with van der Waals surface area (Å²) in [5, 5.41) is 9.34. The van der Waals surface area contributed by atoms with E-state index in [1.165, 1.54) is 19.2 Å². The summed E-state index contributed by atoms with van der Waals surface area (Å²) in [6, 6.07) is 5.87. The minimum atomic E-state index is -0.810.